The largest absolute Gasteiger partial charge is 0.351 e. The first-order valence-electron chi connectivity index (χ1n) is 3.78. The summed E-state index contributed by atoms with van der Waals surface area (Å²) in [4.78, 5) is 11.0. The number of amides is 1. The summed E-state index contributed by atoms with van der Waals surface area (Å²) in [7, 11) is 1.86. The van der Waals surface area contributed by atoms with Gasteiger partial charge in [0.1, 0.15) is 0 Å². The van der Waals surface area contributed by atoms with Crippen LogP contribution in [0.15, 0.2) is 11.6 Å². The van der Waals surface area contributed by atoms with Gasteiger partial charge in [0, 0.05) is 18.7 Å². The summed E-state index contributed by atoms with van der Waals surface area (Å²) in [5, 5.41) is 5.71. The van der Waals surface area contributed by atoms with Gasteiger partial charge in [-0.3, -0.25) is 4.79 Å². The van der Waals surface area contributed by atoms with Crippen molar-refractivity contribution in [1.29, 1.82) is 0 Å². The summed E-state index contributed by atoms with van der Waals surface area (Å²) in [6.45, 7) is 5.14. The van der Waals surface area contributed by atoms with E-state index in [2.05, 4.69) is 10.6 Å². The fourth-order valence-corrected chi connectivity index (χ4v) is 0.572. The molecule has 0 aromatic rings. The highest BCUT2D eigenvalue weighted by atomic mass is 35.5. The molecule has 0 aliphatic heterocycles. The van der Waals surface area contributed by atoms with Gasteiger partial charge in [0.15, 0.2) is 0 Å². The van der Waals surface area contributed by atoms with Crippen LogP contribution in [0, 0.1) is 0 Å². The Balaban J connectivity index is 0. The van der Waals surface area contributed by atoms with Crippen molar-refractivity contribution in [2.24, 2.45) is 0 Å². The van der Waals surface area contributed by atoms with Crippen molar-refractivity contribution >= 4 is 18.3 Å². The average molecular weight is 193 g/mol. The molecule has 12 heavy (non-hydrogen) atoms. The first kappa shape index (κ1) is 14.0. The quantitative estimate of drug-likeness (QED) is 0.509. The average Bonchev–Trinajstić information content (AvgIpc) is 2.03. The van der Waals surface area contributed by atoms with Gasteiger partial charge in [-0.15, -0.1) is 12.4 Å². The maximum Gasteiger partial charge on any atom is 0.246 e. The molecule has 0 aromatic heterocycles. The molecule has 0 aliphatic carbocycles. The van der Waals surface area contributed by atoms with Crippen molar-refractivity contribution in [1.82, 2.24) is 10.6 Å². The highest BCUT2D eigenvalue weighted by Gasteiger charge is 1.99. The number of likely N-dealkylation sites (N-methyl/N-ethyl adjacent to an activating group) is 1. The van der Waals surface area contributed by atoms with Crippen LogP contribution in [0.1, 0.15) is 13.8 Å². The molecule has 0 aliphatic rings. The van der Waals surface area contributed by atoms with Crippen LogP contribution in [-0.2, 0) is 4.79 Å². The van der Waals surface area contributed by atoms with Crippen molar-refractivity contribution in [3.63, 3.8) is 0 Å². The lowest BCUT2D eigenvalue weighted by Crippen LogP contribution is -2.30. The summed E-state index contributed by atoms with van der Waals surface area (Å²) >= 11 is 0. The molecular formula is C8H17ClN2O. The number of rotatable bonds is 4. The van der Waals surface area contributed by atoms with Crippen LogP contribution in [-0.4, -0.2) is 26.0 Å². The molecular weight excluding hydrogens is 176 g/mol. The third-order valence-electron chi connectivity index (χ3n) is 1.45. The molecule has 0 unspecified atom stereocenters. The van der Waals surface area contributed by atoms with E-state index in [4.69, 9.17) is 0 Å². The topological polar surface area (TPSA) is 41.1 Å². The monoisotopic (exact) mass is 192 g/mol. The van der Waals surface area contributed by atoms with Crippen LogP contribution in [0.3, 0.4) is 0 Å². The minimum absolute atomic E-state index is 0. The Kier molecular flexibility index (Phi) is 9.99. The first-order valence-corrected chi connectivity index (χ1v) is 3.78. The molecule has 0 rings (SSSR count). The van der Waals surface area contributed by atoms with Crippen molar-refractivity contribution in [2.75, 3.05) is 20.1 Å². The van der Waals surface area contributed by atoms with E-state index in [0.717, 1.165) is 12.1 Å². The van der Waals surface area contributed by atoms with Crippen molar-refractivity contribution in [3.8, 4) is 0 Å². The molecule has 0 spiro atoms. The van der Waals surface area contributed by atoms with Gasteiger partial charge in [0.25, 0.3) is 0 Å². The van der Waals surface area contributed by atoms with E-state index in [1.54, 1.807) is 13.0 Å². The molecule has 4 heteroatoms. The van der Waals surface area contributed by atoms with E-state index in [1.807, 2.05) is 14.0 Å². The van der Waals surface area contributed by atoms with Crippen molar-refractivity contribution in [3.05, 3.63) is 11.6 Å². The second-order valence-electron chi connectivity index (χ2n) is 2.33. The fraction of sp³-hybridized carbons (Fsp3) is 0.625. The fourth-order valence-electron chi connectivity index (χ4n) is 0.572. The van der Waals surface area contributed by atoms with Gasteiger partial charge in [-0.1, -0.05) is 6.08 Å². The van der Waals surface area contributed by atoms with Crippen LogP contribution >= 0.6 is 12.4 Å². The summed E-state index contributed by atoms with van der Waals surface area (Å²) in [6.07, 6.45) is 1.80. The van der Waals surface area contributed by atoms with Gasteiger partial charge < -0.3 is 10.6 Å². The second kappa shape index (κ2) is 8.56. The molecule has 2 N–H and O–H groups in total. The Morgan fingerprint density at radius 2 is 2.00 bits per heavy atom. The zero-order valence-electron chi connectivity index (χ0n) is 7.81. The van der Waals surface area contributed by atoms with Crippen LogP contribution < -0.4 is 10.6 Å². The third kappa shape index (κ3) is 6.19. The summed E-state index contributed by atoms with van der Waals surface area (Å²) in [6, 6.07) is 0. The van der Waals surface area contributed by atoms with Gasteiger partial charge in [-0.05, 0) is 20.9 Å². The molecule has 1 amide bonds. The zero-order valence-corrected chi connectivity index (χ0v) is 8.62. The van der Waals surface area contributed by atoms with Gasteiger partial charge in [-0.25, -0.2) is 0 Å². The Labute approximate surface area is 80.0 Å². The van der Waals surface area contributed by atoms with Gasteiger partial charge in [0.2, 0.25) is 5.91 Å². The maximum atomic E-state index is 11.0. The number of carbonyl (C=O) groups is 1. The normalized spacial score (nSPS) is 10.4. The Morgan fingerprint density at radius 1 is 1.42 bits per heavy atom. The molecule has 0 saturated heterocycles. The van der Waals surface area contributed by atoms with Gasteiger partial charge >= 0.3 is 0 Å². The van der Waals surface area contributed by atoms with Crippen LogP contribution in [0.5, 0.6) is 0 Å². The summed E-state index contributed by atoms with van der Waals surface area (Å²) < 4.78 is 0. The molecule has 0 heterocycles. The lowest BCUT2D eigenvalue weighted by atomic mass is 10.3. The van der Waals surface area contributed by atoms with E-state index < -0.39 is 0 Å². The number of nitrogens with one attached hydrogen (secondary N) is 2. The second-order valence-corrected chi connectivity index (χ2v) is 2.33. The highest BCUT2D eigenvalue weighted by molar-refractivity contribution is 5.92. The smallest absolute Gasteiger partial charge is 0.246 e. The van der Waals surface area contributed by atoms with Gasteiger partial charge in [-0.2, -0.15) is 0 Å². The lowest BCUT2D eigenvalue weighted by molar-refractivity contribution is -0.117. The zero-order chi connectivity index (χ0) is 8.69. The van der Waals surface area contributed by atoms with E-state index in [0.29, 0.717) is 6.54 Å². The third-order valence-corrected chi connectivity index (χ3v) is 1.45. The Morgan fingerprint density at radius 3 is 2.42 bits per heavy atom. The Bertz CT molecular complexity index is 157. The molecule has 0 atom stereocenters. The molecule has 0 bridgehead atoms. The number of hydrogen-bond acceptors (Lipinski definition) is 2. The predicted molar refractivity (Wildman–Crippen MR) is 53.6 cm³/mol. The maximum absolute atomic E-state index is 11.0. The van der Waals surface area contributed by atoms with Gasteiger partial charge in [0.05, 0.1) is 0 Å². The molecule has 0 saturated carbocycles. The van der Waals surface area contributed by atoms with E-state index >= 15 is 0 Å². The van der Waals surface area contributed by atoms with Crippen LogP contribution in [0.25, 0.3) is 0 Å². The first-order chi connectivity index (χ1) is 5.22. The summed E-state index contributed by atoms with van der Waals surface area (Å²) in [5.74, 6) is 0.0164. The number of hydrogen-bond donors (Lipinski definition) is 2. The highest BCUT2D eigenvalue weighted by Crippen LogP contribution is 1.89. The standard InChI is InChI=1S/C8H16N2O.ClH/c1-4-7(2)8(11)10-6-5-9-3;/h4,9H,5-6H2,1-3H3,(H,10,11);1H/b7-4+;. The predicted octanol–water partition coefficient (Wildman–Crippen LogP) is 0.710. The molecule has 0 radical (unpaired) electrons. The summed E-state index contributed by atoms with van der Waals surface area (Å²) in [5.41, 5.74) is 0.765. The van der Waals surface area contributed by atoms with E-state index in [1.165, 1.54) is 0 Å². The minimum Gasteiger partial charge on any atom is -0.351 e. The lowest BCUT2D eigenvalue weighted by Gasteiger charge is -2.03. The molecule has 0 fully saturated rings. The van der Waals surface area contributed by atoms with Crippen LogP contribution in [0.4, 0.5) is 0 Å². The van der Waals surface area contributed by atoms with E-state index in [-0.39, 0.29) is 18.3 Å². The van der Waals surface area contributed by atoms with Crippen LogP contribution in [0.2, 0.25) is 0 Å². The van der Waals surface area contributed by atoms with Crippen molar-refractivity contribution < 1.29 is 4.79 Å². The number of allylic oxidation sites excluding steroid dienone is 1. The van der Waals surface area contributed by atoms with Crippen molar-refractivity contribution in [2.45, 2.75) is 13.8 Å². The van der Waals surface area contributed by atoms with E-state index in [9.17, 15) is 4.79 Å². The number of carbonyl (C=O) groups excluding carboxylic acids is 1. The Hall–Kier alpha value is -0.540. The molecule has 3 nitrogen and oxygen atoms in total. The molecule has 0 aromatic carbocycles. The SMILES string of the molecule is C/C=C(\C)C(=O)NCCNC.Cl. The molecule has 72 valence electrons. The number of halogens is 1. The minimum atomic E-state index is 0.